The fraction of sp³-hybridized carbons (Fsp3) is 0.333. The third kappa shape index (κ3) is 3.02. The molecule has 0 spiro atoms. The summed E-state index contributed by atoms with van der Waals surface area (Å²) in [6.45, 7) is 0.544. The molecule has 0 aliphatic carbocycles. The number of hydrogen-bond acceptors (Lipinski definition) is 4. The number of aromatic nitrogens is 1. The molecule has 0 amide bonds. The Morgan fingerprint density at radius 3 is 3.07 bits per heavy atom. The van der Waals surface area contributed by atoms with E-state index in [0.29, 0.717) is 24.5 Å². The van der Waals surface area contributed by atoms with Crippen molar-refractivity contribution in [2.45, 2.75) is 6.42 Å². The van der Waals surface area contributed by atoms with Gasteiger partial charge < -0.3 is 15.6 Å². The molecule has 0 unspecified atom stereocenters. The summed E-state index contributed by atoms with van der Waals surface area (Å²) in [5.41, 5.74) is 5.66. The largest absolute Gasteiger partial charge is 0.493 e. The van der Waals surface area contributed by atoms with Crippen molar-refractivity contribution in [3.05, 3.63) is 24.0 Å². The van der Waals surface area contributed by atoms with Crippen LogP contribution in [0.4, 0.5) is 0 Å². The number of ether oxygens (including phenoxy) is 1. The number of pyridine rings is 1. The maximum absolute atomic E-state index is 8.54. The molecule has 5 nitrogen and oxygen atoms in total. The van der Waals surface area contributed by atoms with Gasteiger partial charge in [0.1, 0.15) is 17.3 Å². The minimum absolute atomic E-state index is 0.0855. The third-order valence-corrected chi connectivity index (χ3v) is 1.58. The molecule has 0 atom stereocenters. The third-order valence-electron chi connectivity index (χ3n) is 1.58. The van der Waals surface area contributed by atoms with E-state index in [9.17, 15) is 0 Å². The first kappa shape index (κ1) is 10.5. The summed E-state index contributed by atoms with van der Waals surface area (Å²) in [4.78, 5) is 3.89. The summed E-state index contributed by atoms with van der Waals surface area (Å²) in [5.74, 6) is 0.524. The average molecular weight is 195 g/mol. The summed E-state index contributed by atoms with van der Waals surface area (Å²) in [5, 5.41) is 15.7. The van der Waals surface area contributed by atoms with Gasteiger partial charge >= 0.3 is 0 Å². The molecule has 4 N–H and O–H groups in total. The Morgan fingerprint density at radius 2 is 2.43 bits per heavy atom. The van der Waals surface area contributed by atoms with E-state index in [1.165, 1.54) is 6.20 Å². The van der Waals surface area contributed by atoms with Gasteiger partial charge in [-0.2, -0.15) is 0 Å². The van der Waals surface area contributed by atoms with E-state index >= 15 is 0 Å². The van der Waals surface area contributed by atoms with Gasteiger partial charge in [-0.05, 0) is 6.07 Å². The Labute approximate surface area is 82.0 Å². The zero-order valence-electron chi connectivity index (χ0n) is 7.73. The minimum atomic E-state index is -0.0855. The Balaban J connectivity index is 2.59. The monoisotopic (exact) mass is 195 g/mol. The molecular weight excluding hydrogens is 182 g/mol. The Hall–Kier alpha value is -1.62. The van der Waals surface area contributed by atoms with Gasteiger partial charge in [0, 0.05) is 25.3 Å². The highest BCUT2D eigenvalue weighted by Crippen LogP contribution is 2.10. The highest BCUT2D eigenvalue weighted by molar-refractivity contribution is 5.93. The predicted molar refractivity (Wildman–Crippen MR) is 52.5 cm³/mol. The Morgan fingerprint density at radius 1 is 1.64 bits per heavy atom. The minimum Gasteiger partial charge on any atom is -0.493 e. The molecule has 1 heterocycles. The maximum atomic E-state index is 8.54. The van der Waals surface area contributed by atoms with Gasteiger partial charge in [-0.25, -0.2) is 0 Å². The molecule has 0 saturated carbocycles. The first-order valence-corrected chi connectivity index (χ1v) is 4.28. The SMILES string of the molecule is N=C(N)c1cc(OCCCO)ccn1. The van der Waals surface area contributed by atoms with Crippen LogP contribution in [-0.4, -0.2) is 29.1 Å². The van der Waals surface area contributed by atoms with Crippen molar-refractivity contribution >= 4 is 5.84 Å². The zero-order valence-corrected chi connectivity index (χ0v) is 7.73. The summed E-state index contributed by atoms with van der Waals surface area (Å²) in [6.07, 6.45) is 2.11. The molecule has 1 rings (SSSR count). The lowest BCUT2D eigenvalue weighted by atomic mass is 10.3. The van der Waals surface area contributed by atoms with Crippen molar-refractivity contribution in [2.24, 2.45) is 5.73 Å². The molecule has 14 heavy (non-hydrogen) atoms. The number of nitrogens with zero attached hydrogens (tertiary/aromatic N) is 1. The van der Waals surface area contributed by atoms with Gasteiger partial charge in [-0.3, -0.25) is 10.4 Å². The second-order valence-corrected chi connectivity index (χ2v) is 2.72. The smallest absolute Gasteiger partial charge is 0.141 e. The molecule has 5 heteroatoms. The van der Waals surface area contributed by atoms with Crippen LogP contribution in [0.5, 0.6) is 5.75 Å². The van der Waals surface area contributed by atoms with Crippen LogP contribution in [0.25, 0.3) is 0 Å². The lowest BCUT2D eigenvalue weighted by Crippen LogP contribution is -2.13. The summed E-state index contributed by atoms with van der Waals surface area (Å²) >= 11 is 0. The molecule has 0 aromatic carbocycles. The van der Waals surface area contributed by atoms with E-state index in [2.05, 4.69) is 4.98 Å². The number of aliphatic hydroxyl groups is 1. The Kier molecular flexibility index (Phi) is 3.87. The lowest BCUT2D eigenvalue weighted by molar-refractivity contribution is 0.233. The van der Waals surface area contributed by atoms with Crippen LogP contribution < -0.4 is 10.5 Å². The van der Waals surface area contributed by atoms with E-state index in [4.69, 9.17) is 21.0 Å². The van der Waals surface area contributed by atoms with E-state index in [1.54, 1.807) is 12.1 Å². The molecule has 0 aliphatic rings. The first-order valence-electron chi connectivity index (χ1n) is 4.28. The van der Waals surface area contributed by atoms with Crippen molar-refractivity contribution < 1.29 is 9.84 Å². The predicted octanol–water partition coefficient (Wildman–Crippen LogP) is 0.127. The van der Waals surface area contributed by atoms with Gasteiger partial charge in [0.05, 0.1) is 6.61 Å². The van der Waals surface area contributed by atoms with E-state index < -0.39 is 0 Å². The quantitative estimate of drug-likeness (QED) is 0.353. The molecule has 76 valence electrons. The highest BCUT2D eigenvalue weighted by Gasteiger charge is 2.00. The van der Waals surface area contributed by atoms with Gasteiger partial charge in [-0.15, -0.1) is 0 Å². The van der Waals surface area contributed by atoms with Crippen LogP contribution in [-0.2, 0) is 0 Å². The summed E-state index contributed by atoms with van der Waals surface area (Å²) in [6, 6.07) is 3.28. The van der Waals surface area contributed by atoms with Crippen LogP contribution in [0.3, 0.4) is 0 Å². The Bertz CT molecular complexity index is 315. The van der Waals surface area contributed by atoms with Crippen molar-refractivity contribution in [3.63, 3.8) is 0 Å². The number of nitrogen functional groups attached to an aromatic ring is 1. The highest BCUT2D eigenvalue weighted by atomic mass is 16.5. The number of hydrogen-bond donors (Lipinski definition) is 3. The molecule has 0 bridgehead atoms. The molecule has 0 saturated heterocycles. The van der Waals surface area contributed by atoms with Gasteiger partial charge in [0.15, 0.2) is 0 Å². The van der Waals surface area contributed by atoms with Crippen LogP contribution in [0.15, 0.2) is 18.3 Å². The molecule has 0 fully saturated rings. The molecule has 1 aromatic rings. The van der Waals surface area contributed by atoms with Crippen LogP contribution in [0.2, 0.25) is 0 Å². The average Bonchev–Trinajstić information content (AvgIpc) is 2.19. The van der Waals surface area contributed by atoms with E-state index in [0.717, 1.165) is 0 Å². The maximum Gasteiger partial charge on any atom is 0.141 e. The first-order chi connectivity index (χ1) is 6.74. The number of nitrogens with two attached hydrogens (primary N) is 1. The fourth-order valence-electron chi connectivity index (χ4n) is 0.903. The second kappa shape index (κ2) is 5.18. The van der Waals surface area contributed by atoms with E-state index in [-0.39, 0.29) is 12.4 Å². The van der Waals surface area contributed by atoms with Crippen LogP contribution >= 0.6 is 0 Å². The van der Waals surface area contributed by atoms with Gasteiger partial charge in [-0.1, -0.05) is 0 Å². The van der Waals surface area contributed by atoms with Gasteiger partial charge in [0.25, 0.3) is 0 Å². The standard InChI is InChI=1S/C9H13N3O2/c10-9(11)8-6-7(2-3-12-8)14-5-1-4-13/h2-3,6,13H,1,4-5H2,(H3,10,11). The molecule has 1 aromatic heterocycles. The van der Waals surface area contributed by atoms with Crippen molar-refractivity contribution in [3.8, 4) is 5.75 Å². The van der Waals surface area contributed by atoms with Crippen molar-refractivity contribution in [1.82, 2.24) is 4.98 Å². The van der Waals surface area contributed by atoms with E-state index in [1.807, 2.05) is 0 Å². The van der Waals surface area contributed by atoms with Crippen molar-refractivity contribution in [1.29, 1.82) is 5.41 Å². The van der Waals surface area contributed by atoms with Crippen molar-refractivity contribution in [2.75, 3.05) is 13.2 Å². The second-order valence-electron chi connectivity index (χ2n) is 2.72. The number of aliphatic hydroxyl groups excluding tert-OH is 1. The summed E-state index contributed by atoms with van der Waals surface area (Å²) < 4.78 is 5.28. The van der Waals surface area contributed by atoms with Crippen LogP contribution in [0.1, 0.15) is 12.1 Å². The normalized spacial score (nSPS) is 9.79. The number of amidine groups is 1. The van der Waals surface area contributed by atoms with Crippen LogP contribution in [0, 0.1) is 5.41 Å². The summed E-state index contributed by atoms with van der Waals surface area (Å²) in [7, 11) is 0. The van der Waals surface area contributed by atoms with Gasteiger partial charge in [0.2, 0.25) is 0 Å². The number of rotatable bonds is 5. The number of nitrogens with one attached hydrogen (secondary N) is 1. The fourth-order valence-corrected chi connectivity index (χ4v) is 0.903. The molecule has 0 radical (unpaired) electrons. The molecule has 0 aliphatic heterocycles. The lowest BCUT2D eigenvalue weighted by Gasteiger charge is -2.05. The zero-order chi connectivity index (χ0) is 10.4. The molecular formula is C9H13N3O2. The topological polar surface area (TPSA) is 92.2 Å².